The molecule has 1 heterocycles. The maximum atomic E-state index is 11.9. The highest BCUT2D eigenvalue weighted by molar-refractivity contribution is 5.77. The molecule has 3 heteroatoms. The third-order valence-electron chi connectivity index (χ3n) is 4.29. The van der Waals surface area contributed by atoms with Gasteiger partial charge in [0.05, 0.1) is 6.04 Å². The third-order valence-corrected chi connectivity index (χ3v) is 4.29. The van der Waals surface area contributed by atoms with Crippen LogP contribution < -0.4 is 5.32 Å². The molecule has 1 fully saturated rings. The Balaban J connectivity index is 2.09. The molecule has 116 valence electrons. The zero-order valence-corrected chi connectivity index (χ0v) is 13.6. The molecular formula is C18H28N2O. The molecule has 0 aliphatic carbocycles. The van der Waals surface area contributed by atoms with Crippen molar-refractivity contribution in [3.8, 4) is 0 Å². The highest BCUT2D eigenvalue weighted by Gasteiger charge is 2.23. The van der Waals surface area contributed by atoms with Crippen LogP contribution in [0.15, 0.2) is 24.3 Å². The molecule has 1 aromatic rings. The fourth-order valence-corrected chi connectivity index (χ4v) is 2.88. The van der Waals surface area contributed by atoms with Crippen LogP contribution in [0, 0.1) is 12.8 Å². The molecule has 1 aliphatic rings. The summed E-state index contributed by atoms with van der Waals surface area (Å²) in [6.07, 6.45) is 3.86. The lowest BCUT2D eigenvalue weighted by atomic mass is 10.0. The Bertz CT molecular complexity index is 447. The highest BCUT2D eigenvalue weighted by Crippen LogP contribution is 2.24. The van der Waals surface area contributed by atoms with Crippen LogP contribution in [-0.4, -0.2) is 30.4 Å². The average Bonchev–Trinajstić information content (AvgIpc) is 2.50. The van der Waals surface area contributed by atoms with Crippen LogP contribution in [0.5, 0.6) is 0 Å². The zero-order valence-electron chi connectivity index (χ0n) is 13.6. The topological polar surface area (TPSA) is 32.3 Å². The van der Waals surface area contributed by atoms with Crippen LogP contribution in [-0.2, 0) is 4.79 Å². The van der Waals surface area contributed by atoms with E-state index in [1.165, 1.54) is 30.4 Å². The van der Waals surface area contributed by atoms with Gasteiger partial charge in [-0.2, -0.15) is 0 Å². The number of nitrogens with zero attached hydrogens (tertiary/aromatic N) is 1. The highest BCUT2D eigenvalue weighted by atomic mass is 16.1. The smallest absolute Gasteiger partial charge is 0.222 e. The molecular weight excluding hydrogens is 260 g/mol. The normalized spacial score (nSPS) is 17.7. The molecule has 0 radical (unpaired) electrons. The van der Waals surface area contributed by atoms with Crippen LogP contribution in [0.25, 0.3) is 0 Å². The number of rotatable bonds is 5. The molecule has 0 unspecified atom stereocenters. The molecule has 0 aromatic heterocycles. The first-order valence-corrected chi connectivity index (χ1v) is 8.16. The Labute approximate surface area is 128 Å². The SMILES string of the molecule is Cc1ccc([C@H](CNC(=O)C(C)C)N2CCCCC2)cc1. The van der Waals surface area contributed by atoms with Crippen molar-refractivity contribution in [1.29, 1.82) is 0 Å². The maximum absolute atomic E-state index is 11.9. The monoisotopic (exact) mass is 288 g/mol. The van der Waals surface area contributed by atoms with E-state index in [1.54, 1.807) is 0 Å². The van der Waals surface area contributed by atoms with Gasteiger partial charge in [-0.15, -0.1) is 0 Å². The lowest BCUT2D eigenvalue weighted by molar-refractivity contribution is -0.124. The van der Waals surface area contributed by atoms with Gasteiger partial charge in [0.1, 0.15) is 0 Å². The van der Waals surface area contributed by atoms with Gasteiger partial charge in [-0.05, 0) is 38.4 Å². The van der Waals surface area contributed by atoms with Crippen LogP contribution in [0.3, 0.4) is 0 Å². The lowest BCUT2D eigenvalue weighted by Gasteiger charge is -2.35. The molecule has 21 heavy (non-hydrogen) atoms. The molecule has 1 aromatic carbocycles. The van der Waals surface area contributed by atoms with Crippen molar-refractivity contribution in [2.24, 2.45) is 5.92 Å². The van der Waals surface area contributed by atoms with Gasteiger partial charge in [-0.3, -0.25) is 9.69 Å². The Morgan fingerprint density at radius 2 is 1.76 bits per heavy atom. The number of amides is 1. The minimum Gasteiger partial charge on any atom is -0.354 e. The van der Waals surface area contributed by atoms with E-state index >= 15 is 0 Å². The van der Waals surface area contributed by atoms with E-state index in [1.807, 2.05) is 13.8 Å². The lowest BCUT2D eigenvalue weighted by Crippen LogP contribution is -2.41. The summed E-state index contributed by atoms with van der Waals surface area (Å²) in [6.45, 7) is 8.97. The second-order valence-corrected chi connectivity index (χ2v) is 6.42. The van der Waals surface area contributed by atoms with Crippen LogP contribution >= 0.6 is 0 Å². The Morgan fingerprint density at radius 3 is 2.33 bits per heavy atom. The summed E-state index contributed by atoms with van der Waals surface area (Å²) in [7, 11) is 0. The van der Waals surface area contributed by atoms with E-state index < -0.39 is 0 Å². The number of likely N-dealkylation sites (tertiary alicyclic amines) is 1. The van der Waals surface area contributed by atoms with Crippen molar-refractivity contribution in [1.82, 2.24) is 10.2 Å². The first kappa shape index (κ1) is 16.0. The van der Waals surface area contributed by atoms with Crippen molar-refractivity contribution >= 4 is 5.91 Å². The van der Waals surface area contributed by atoms with Gasteiger partial charge in [-0.1, -0.05) is 50.1 Å². The van der Waals surface area contributed by atoms with E-state index in [2.05, 4.69) is 41.4 Å². The van der Waals surface area contributed by atoms with Gasteiger partial charge < -0.3 is 5.32 Å². The van der Waals surface area contributed by atoms with E-state index in [9.17, 15) is 4.79 Å². The maximum Gasteiger partial charge on any atom is 0.222 e. The van der Waals surface area contributed by atoms with E-state index in [0.717, 1.165) is 13.1 Å². The first-order chi connectivity index (χ1) is 10.1. The van der Waals surface area contributed by atoms with Crippen molar-refractivity contribution in [3.05, 3.63) is 35.4 Å². The van der Waals surface area contributed by atoms with Gasteiger partial charge in [0.25, 0.3) is 0 Å². The molecule has 0 saturated carbocycles. The number of hydrogen-bond acceptors (Lipinski definition) is 2. The summed E-state index contributed by atoms with van der Waals surface area (Å²) in [6, 6.07) is 9.04. The molecule has 3 nitrogen and oxygen atoms in total. The number of piperidine rings is 1. The average molecular weight is 288 g/mol. The molecule has 0 spiro atoms. The minimum absolute atomic E-state index is 0.0463. The van der Waals surface area contributed by atoms with Crippen LogP contribution in [0.4, 0.5) is 0 Å². The molecule has 1 saturated heterocycles. The van der Waals surface area contributed by atoms with Gasteiger partial charge in [0.2, 0.25) is 5.91 Å². The standard InChI is InChI=1S/C18H28N2O/c1-14(2)18(21)19-13-17(20-11-5-4-6-12-20)16-9-7-15(3)8-10-16/h7-10,14,17H,4-6,11-13H2,1-3H3,(H,19,21)/t17-/m0/s1. The van der Waals surface area contributed by atoms with E-state index in [0.29, 0.717) is 12.6 Å². The Hall–Kier alpha value is -1.35. The number of nitrogens with one attached hydrogen (secondary N) is 1. The van der Waals surface area contributed by atoms with Crippen molar-refractivity contribution in [2.75, 3.05) is 19.6 Å². The summed E-state index contributed by atoms with van der Waals surface area (Å²) >= 11 is 0. The summed E-state index contributed by atoms with van der Waals surface area (Å²) in [5.74, 6) is 0.189. The largest absolute Gasteiger partial charge is 0.354 e. The predicted octanol–water partition coefficient (Wildman–Crippen LogP) is 3.29. The zero-order chi connectivity index (χ0) is 15.2. The second-order valence-electron chi connectivity index (χ2n) is 6.42. The molecule has 1 amide bonds. The van der Waals surface area contributed by atoms with Crippen molar-refractivity contribution < 1.29 is 4.79 Å². The Morgan fingerprint density at radius 1 is 1.14 bits per heavy atom. The summed E-state index contributed by atoms with van der Waals surface area (Å²) in [4.78, 5) is 14.4. The minimum atomic E-state index is 0.0463. The predicted molar refractivity (Wildman–Crippen MR) is 87.2 cm³/mol. The number of aryl methyl sites for hydroxylation is 1. The van der Waals surface area contributed by atoms with Gasteiger partial charge in [0.15, 0.2) is 0 Å². The summed E-state index contributed by atoms with van der Waals surface area (Å²) in [5.41, 5.74) is 2.59. The first-order valence-electron chi connectivity index (χ1n) is 8.16. The third kappa shape index (κ3) is 4.57. The van der Waals surface area contributed by atoms with Crippen molar-refractivity contribution in [3.63, 3.8) is 0 Å². The fraction of sp³-hybridized carbons (Fsp3) is 0.611. The Kier molecular flexibility index (Phi) is 5.80. The molecule has 1 N–H and O–H groups in total. The number of hydrogen-bond donors (Lipinski definition) is 1. The molecule has 0 bridgehead atoms. The van der Waals surface area contributed by atoms with E-state index in [4.69, 9.17) is 0 Å². The fourth-order valence-electron chi connectivity index (χ4n) is 2.88. The van der Waals surface area contributed by atoms with Gasteiger partial charge in [-0.25, -0.2) is 0 Å². The molecule has 1 atom stereocenters. The van der Waals surface area contributed by atoms with Gasteiger partial charge in [0, 0.05) is 12.5 Å². The van der Waals surface area contributed by atoms with Gasteiger partial charge >= 0.3 is 0 Å². The van der Waals surface area contributed by atoms with Crippen LogP contribution in [0.1, 0.15) is 50.3 Å². The number of benzene rings is 1. The van der Waals surface area contributed by atoms with E-state index in [-0.39, 0.29) is 11.8 Å². The van der Waals surface area contributed by atoms with Crippen LogP contribution in [0.2, 0.25) is 0 Å². The quantitative estimate of drug-likeness (QED) is 0.901. The second kappa shape index (κ2) is 7.60. The summed E-state index contributed by atoms with van der Waals surface area (Å²) < 4.78 is 0. The number of carbonyl (C=O) groups excluding carboxylic acids is 1. The molecule has 1 aliphatic heterocycles. The number of carbonyl (C=O) groups is 1. The van der Waals surface area contributed by atoms with Crippen molar-refractivity contribution in [2.45, 2.75) is 46.1 Å². The summed E-state index contributed by atoms with van der Waals surface area (Å²) in [5, 5.41) is 3.11. The molecule has 2 rings (SSSR count).